The Balaban J connectivity index is 2.70. The Morgan fingerprint density at radius 3 is 2.92 bits per heavy atom. The molecule has 68 valence electrons. The van der Waals surface area contributed by atoms with Crippen molar-refractivity contribution < 1.29 is 9.59 Å². The van der Waals surface area contributed by atoms with Crippen LogP contribution in [0.5, 0.6) is 0 Å². The highest BCUT2D eigenvalue weighted by atomic mass is 16.2. The Morgan fingerprint density at radius 1 is 1.83 bits per heavy atom. The third-order valence-electron chi connectivity index (χ3n) is 2.00. The molecule has 3 amide bonds. The van der Waals surface area contributed by atoms with Crippen LogP contribution in [0.15, 0.2) is 0 Å². The SMILES string of the molecule is CCC1C(=O)NCCN1C(N)=O. The van der Waals surface area contributed by atoms with Gasteiger partial charge in [-0.15, -0.1) is 0 Å². The second-order valence-corrected chi connectivity index (χ2v) is 2.75. The molecular formula is C7H13N3O2. The summed E-state index contributed by atoms with van der Waals surface area (Å²) in [6, 6.07) is -0.895. The van der Waals surface area contributed by atoms with Crippen LogP contribution in [0.25, 0.3) is 0 Å². The number of nitrogens with zero attached hydrogens (tertiary/aromatic N) is 1. The third-order valence-corrected chi connectivity index (χ3v) is 2.00. The number of rotatable bonds is 1. The first-order valence-electron chi connectivity index (χ1n) is 4.00. The molecule has 1 rings (SSSR count). The Kier molecular flexibility index (Phi) is 2.52. The average molecular weight is 171 g/mol. The van der Waals surface area contributed by atoms with Gasteiger partial charge in [0, 0.05) is 13.1 Å². The molecule has 1 unspecified atom stereocenters. The normalized spacial score (nSPS) is 23.6. The first-order chi connectivity index (χ1) is 5.66. The zero-order valence-electron chi connectivity index (χ0n) is 7.04. The number of nitrogens with one attached hydrogen (secondary N) is 1. The van der Waals surface area contributed by atoms with Crippen LogP contribution in [0.1, 0.15) is 13.3 Å². The van der Waals surface area contributed by atoms with Crippen LogP contribution in [-0.2, 0) is 4.79 Å². The quantitative estimate of drug-likeness (QED) is 0.546. The van der Waals surface area contributed by atoms with Crippen molar-refractivity contribution in [3.05, 3.63) is 0 Å². The molecule has 0 aliphatic carbocycles. The van der Waals surface area contributed by atoms with Crippen LogP contribution in [0, 0.1) is 0 Å². The molecule has 1 atom stereocenters. The van der Waals surface area contributed by atoms with E-state index in [4.69, 9.17) is 5.73 Å². The minimum Gasteiger partial charge on any atom is -0.353 e. The summed E-state index contributed by atoms with van der Waals surface area (Å²) < 4.78 is 0. The molecule has 0 spiro atoms. The number of amides is 3. The predicted octanol–water partition coefficient (Wildman–Crippen LogP) is -0.724. The van der Waals surface area contributed by atoms with Crippen molar-refractivity contribution in [2.45, 2.75) is 19.4 Å². The molecule has 1 saturated heterocycles. The van der Waals surface area contributed by atoms with E-state index in [1.54, 1.807) is 0 Å². The number of carbonyl (C=O) groups excluding carboxylic acids is 2. The summed E-state index contributed by atoms with van der Waals surface area (Å²) in [5.74, 6) is -0.109. The third kappa shape index (κ3) is 1.49. The summed E-state index contributed by atoms with van der Waals surface area (Å²) in [4.78, 5) is 23.4. The lowest BCUT2D eigenvalue weighted by molar-refractivity contribution is -0.127. The Labute approximate surface area is 70.9 Å². The summed E-state index contributed by atoms with van der Waals surface area (Å²) >= 11 is 0. The van der Waals surface area contributed by atoms with Gasteiger partial charge in [0.1, 0.15) is 6.04 Å². The summed E-state index contributed by atoms with van der Waals surface area (Å²) in [6.45, 7) is 2.86. The highest BCUT2D eigenvalue weighted by Gasteiger charge is 2.29. The molecule has 12 heavy (non-hydrogen) atoms. The van der Waals surface area contributed by atoms with Gasteiger partial charge in [-0.1, -0.05) is 6.92 Å². The number of piperazine rings is 1. The summed E-state index contributed by atoms with van der Waals surface area (Å²) in [5.41, 5.74) is 5.10. The van der Waals surface area contributed by atoms with E-state index in [9.17, 15) is 9.59 Å². The van der Waals surface area contributed by atoms with Crippen molar-refractivity contribution >= 4 is 11.9 Å². The van der Waals surface area contributed by atoms with E-state index in [1.807, 2.05) is 6.92 Å². The molecule has 0 aromatic carbocycles. The van der Waals surface area contributed by atoms with Gasteiger partial charge in [-0.25, -0.2) is 4.79 Å². The Hall–Kier alpha value is -1.26. The van der Waals surface area contributed by atoms with E-state index >= 15 is 0 Å². The first kappa shape index (κ1) is 8.83. The predicted molar refractivity (Wildman–Crippen MR) is 43.4 cm³/mol. The monoisotopic (exact) mass is 171 g/mol. The van der Waals surface area contributed by atoms with E-state index in [0.717, 1.165) is 0 Å². The maximum absolute atomic E-state index is 11.2. The fraction of sp³-hybridized carbons (Fsp3) is 0.714. The van der Waals surface area contributed by atoms with Crippen LogP contribution in [0.2, 0.25) is 0 Å². The van der Waals surface area contributed by atoms with Crippen molar-refractivity contribution in [3.63, 3.8) is 0 Å². The second kappa shape index (κ2) is 3.42. The molecule has 1 fully saturated rings. The van der Waals surface area contributed by atoms with Gasteiger partial charge in [0.05, 0.1) is 0 Å². The zero-order valence-corrected chi connectivity index (χ0v) is 7.04. The minimum atomic E-state index is -0.517. The second-order valence-electron chi connectivity index (χ2n) is 2.75. The number of primary amides is 1. The summed E-state index contributed by atoms with van der Waals surface area (Å²) in [7, 11) is 0. The molecule has 0 aromatic heterocycles. The van der Waals surface area contributed by atoms with Crippen molar-refractivity contribution in [1.82, 2.24) is 10.2 Å². The molecule has 1 aliphatic heterocycles. The van der Waals surface area contributed by atoms with Gasteiger partial charge in [-0.2, -0.15) is 0 Å². The lowest BCUT2D eigenvalue weighted by Gasteiger charge is -2.32. The summed E-state index contributed by atoms with van der Waals surface area (Å²) in [5, 5.41) is 2.68. The van der Waals surface area contributed by atoms with E-state index < -0.39 is 6.03 Å². The molecule has 1 aliphatic rings. The van der Waals surface area contributed by atoms with E-state index in [1.165, 1.54) is 4.90 Å². The number of nitrogens with two attached hydrogens (primary N) is 1. The van der Waals surface area contributed by atoms with Crippen molar-refractivity contribution in [2.75, 3.05) is 13.1 Å². The van der Waals surface area contributed by atoms with Crippen molar-refractivity contribution in [2.24, 2.45) is 5.73 Å². The highest BCUT2D eigenvalue weighted by molar-refractivity contribution is 5.87. The largest absolute Gasteiger partial charge is 0.353 e. The van der Waals surface area contributed by atoms with Gasteiger partial charge in [0.15, 0.2) is 0 Å². The fourth-order valence-electron chi connectivity index (χ4n) is 1.38. The highest BCUT2D eigenvalue weighted by Crippen LogP contribution is 2.07. The van der Waals surface area contributed by atoms with E-state index in [0.29, 0.717) is 19.5 Å². The summed E-state index contributed by atoms with van der Waals surface area (Å²) in [6.07, 6.45) is 0.606. The number of urea groups is 1. The van der Waals surface area contributed by atoms with E-state index in [2.05, 4.69) is 5.32 Å². The van der Waals surface area contributed by atoms with Crippen LogP contribution in [0.4, 0.5) is 4.79 Å². The van der Waals surface area contributed by atoms with Gasteiger partial charge in [-0.05, 0) is 6.42 Å². The average Bonchev–Trinajstić information content (AvgIpc) is 2.03. The number of hydrogen-bond acceptors (Lipinski definition) is 2. The molecule has 1 heterocycles. The number of hydrogen-bond donors (Lipinski definition) is 2. The lowest BCUT2D eigenvalue weighted by Crippen LogP contribution is -2.58. The molecule has 5 nitrogen and oxygen atoms in total. The fourth-order valence-corrected chi connectivity index (χ4v) is 1.38. The molecule has 0 aromatic rings. The molecule has 0 saturated carbocycles. The molecule has 3 N–H and O–H groups in total. The van der Waals surface area contributed by atoms with Crippen LogP contribution in [-0.4, -0.2) is 36.0 Å². The standard InChI is InChI=1S/C7H13N3O2/c1-2-5-6(11)9-3-4-10(5)7(8)12/h5H,2-4H2,1H3,(H2,8,12)(H,9,11). The van der Waals surface area contributed by atoms with Crippen LogP contribution >= 0.6 is 0 Å². The minimum absolute atomic E-state index is 0.109. The van der Waals surface area contributed by atoms with Crippen molar-refractivity contribution in [1.29, 1.82) is 0 Å². The molecule has 0 bridgehead atoms. The van der Waals surface area contributed by atoms with Gasteiger partial charge >= 0.3 is 6.03 Å². The van der Waals surface area contributed by atoms with Gasteiger partial charge in [0.25, 0.3) is 0 Å². The molecule has 5 heteroatoms. The van der Waals surface area contributed by atoms with Gasteiger partial charge in [-0.3, -0.25) is 4.79 Å². The topological polar surface area (TPSA) is 75.4 Å². The smallest absolute Gasteiger partial charge is 0.315 e. The zero-order chi connectivity index (χ0) is 9.14. The van der Waals surface area contributed by atoms with E-state index in [-0.39, 0.29) is 11.9 Å². The molecular weight excluding hydrogens is 158 g/mol. The molecule has 0 radical (unpaired) electrons. The van der Waals surface area contributed by atoms with Gasteiger partial charge < -0.3 is 16.0 Å². The lowest BCUT2D eigenvalue weighted by atomic mass is 10.1. The Bertz CT molecular complexity index is 205. The van der Waals surface area contributed by atoms with Crippen LogP contribution < -0.4 is 11.1 Å². The maximum Gasteiger partial charge on any atom is 0.315 e. The first-order valence-corrected chi connectivity index (χ1v) is 4.00. The van der Waals surface area contributed by atoms with Gasteiger partial charge in [0.2, 0.25) is 5.91 Å². The van der Waals surface area contributed by atoms with Crippen LogP contribution in [0.3, 0.4) is 0 Å². The maximum atomic E-state index is 11.2. The number of carbonyl (C=O) groups is 2. The van der Waals surface area contributed by atoms with Crippen molar-refractivity contribution in [3.8, 4) is 0 Å². The Morgan fingerprint density at radius 2 is 2.50 bits per heavy atom.